The monoisotopic (exact) mass is 303 g/mol. The van der Waals surface area contributed by atoms with Crippen LogP contribution in [0.2, 0.25) is 0 Å². The lowest BCUT2D eigenvalue weighted by atomic mass is 10.0. The lowest BCUT2D eigenvalue weighted by molar-refractivity contribution is -0.124. The molecule has 0 spiro atoms. The van der Waals surface area contributed by atoms with Crippen LogP contribution < -0.4 is 5.73 Å². The maximum absolute atomic E-state index is 13.2. The predicted octanol–water partition coefficient (Wildman–Crippen LogP) is 2.32. The highest BCUT2D eigenvalue weighted by Crippen LogP contribution is 2.22. The van der Waals surface area contributed by atoms with Gasteiger partial charge in [-0.3, -0.25) is 9.69 Å². The van der Waals surface area contributed by atoms with Crippen LogP contribution in [0.4, 0.5) is 4.39 Å². The van der Waals surface area contributed by atoms with Crippen molar-refractivity contribution in [2.75, 3.05) is 6.54 Å². The Balaban J connectivity index is 1.75. The molecule has 3 rings (SSSR count). The van der Waals surface area contributed by atoms with Crippen molar-refractivity contribution in [3.63, 3.8) is 0 Å². The fourth-order valence-corrected chi connectivity index (χ4v) is 2.84. The van der Waals surface area contributed by atoms with E-state index >= 15 is 0 Å². The van der Waals surface area contributed by atoms with Crippen molar-refractivity contribution in [3.05, 3.63) is 42.0 Å². The van der Waals surface area contributed by atoms with Gasteiger partial charge >= 0.3 is 0 Å². The molecule has 2 N–H and O–H groups in total. The number of rotatable bonds is 4. The summed E-state index contributed by atoms with van der Waals surface area (Å²) in [7, 11) is 0. The van der Waals surface area contributed by atoms with Crippen molar-refractivity contribution >= 4 is 5.91 Å². The Morgan fingerprint density at radius 3 is 3.09 bits per heavy atom. The van der Waals surface area contributed by atoms with Crippen LogP contribution >= 0.6 is 0 Å². The van der Waals surface area contributed by atoms with Gasteiger partial charge < -0.3 is 10.2 Å². The van der Waals surface area contributed by atoms with Crippen LogP contribution in [-0.4, -0.2) is 28.4 Å². The van der Waals surface area contributed by atoms with Gasteiger partial charge in [0.15, 0.2) is 0 Å². The Hall–Kier alpha value is -2.21. The lowest BCUT2D eigenvalue weighted by Crippen LogP contribution is -2.47. The number of hydrogen-bond donors (Lipinski definition) is 1. The van der Waals surface area contributed by atoms with Crippen molar-refractivity contribution in [1.29, 1.82) is 0 Å². The molecule has 0 radical (unpaired) electrons. The molecule has 1 atom stereocenters. The first kappa shape index (κ1) is 14.7. The van der Waals surface area contributed by atoms with Gasteiger partial charge in [-0.1, -0.05) is 12.5 Å². The summed E-state index contributed by atoms with van der Waals surface area (Å²) in [4.78, 5) is 17.9. The van der Waals surface area contributed by atoms with E-state index in [4.69, 9.17) is 10.2 Å². The molecule has 22 heavy (non-hydrogen) atoms. The number of halogens is 1. The highest BCUT2D eigenvalue weighted by atomic mass is 19.1. The number of amides is 1. The van der Waals surface area contributed by atoms with E-state index in [0.717, 1.165) is 25.8 Å². The van der Waals surface area contributed by atoms with Gasteiger partial charge in [-0.05, 0) is 37.6 Å². The molecule has 0 aliphatic carbocycles. The number of nitrogens with zero attached hydrogens (tertiary/aromatic N) is 2. The van der Waals surface area contributed by atoms with Crippen LogP contribution in [0.3, 0.4) is 0 Å². The second kappa shape index (κ2) is 6.27. The highest BCUT2D eigenvalue weighted by molar-refractivity contribution is 5.79. The fourth-order valence-electron chi connectivity index (χ4n) is 2.84. The quantitative estimate of drug-likeness (QED) is 0.941. The van der Waals surface area contributed by atoms with E-state index < -0.39 is 0 Å². The number of benzene rings is 1. The molecule has 1 amide bonds. The maximum Gasteiger partial charge on any atom is 0.234 e. The fraction of sp³-hybridized carbons (Fsp3) is 0.375. The molecule has 0 saturated carbocycles. The summed E-state index contributed by atoms with van der Waals surface area (Å²) in [5, 5.41) is 0. The molecule has 1 saturated heterocycles. The molecule has 5 nitrogen and oxygen atoms in total. The van der Waals surface area contributed by atoms with Crippen molar-refractivity contribution in [2.45, 2.75) is 31.8 Å². The van der Waals surface area contributed by atoms with E-state index in [0.29, 0.717) is 23.7 Å². The zero-order chi connectivity index (χ0) is 15.5. The first-order valence-corrected chi connectivity index (χ1v) is 7.37. The van der Waals surface area contributed by atoms with E-state index in [1.165, 1.54) is 12.1 Å². The van der Waals surface area contributed by atoms with Gasteiger partial charge in [0.25, 0.3) is 0 Å². The van der Waals surface area contributed by atoms with E-state index in [9.17, 15) is 9.18 Å². The van der Waals surface area contributed by atoms with Crippen LogP contribution in [0.25, 0.3) is 11.5 Å². The Morgan fingerprint density at radius 2 is 2.32 bits per heavy atom. The van der Waals surface area contributed by atoms with Crippen molar-refractivity contribution in [2.24, 2.45) is 5.73 Å². The van der Waals surface area contributed by atoms with E-state index in [1.54, 1.807) is 18.4 Å². The summed E-state index contributed by atoms with van der Waals surface area (Å²) in [5.74, 6) is -0.252. The Bertz CT molecular complexity index is 671. The van der Waals surface area contributed by atoms with Gasteiger partial charge in [-0.15, -0.1) is 0 Å². The minimum atomic E-state index is -0.331. The predicted molar refractivity (Wildman–Crippen MR) is 79.1 cm³/mol. The average molecular weight is 303 g/mol. The molecule has 1 aliphatic rings. The van der Waals surface area contributed by atoms with Gasteiger partial charge in [-0.2, -0.15) is 0 Å². The number of nitrogens with two attached hydrogens (primary N) is 1. The number of likely N-dealkylation sites (tertiary alicyclic amines) is 1. The lowest BCUT2D eigenvalue weighted by Gasteiger charge is -2.32. The summed E-state index contributed by atoms with van der Waals surface area (Å²) in [6.45, 7) is 1.32. The van der Waals surface area contributed by atoms with Crippen LogP contribution in [0, 0.1) is 5.82 Å². The molecule has 2 heterocycles. The smallest absolute Gasteiger partial charge is 0.234 e. The number of primary amides is 1. The van der Waals surface area contributed by atoms with E-state index in [2.05, 4.69) is 4.98 Å². The summed E-state index contributed by atoms with van der Waals surface area (Å²) < 4.78 is 18.7. The zero-order valence-corrected chi connectivity index (χ0v) is 12.2. The number of piperidine rings is 1. The SMILES string of the molecule is NC(=O)C1CCCCN1Cc1coc(-c2cccc(F)c2)n1. The molecular formula is C16H18FN3O2. The number of oxazole rings is 1. The average Bonchev–Trinajstić information content (AvgIpc) is 2.96. The van der Waals surface area contributed by atoms with Crippen LogP contribution in [-0.2, 0) is 11.3 Å². The number of carbonyl (C=O) groups is 1. The molecule has 1 aliphatic heterocycles. The minimum absolute atomic E-state index is 0.247. The molecule has 1 aromatic carbocycles. The van der Waals surface area contributed by atoms with Gasteiger partial charge in [-0.25, -0.2) is 9.37 Å². The first-order chi connectivity index (χ1) is 10.6. The van der Waals surface area contributed by atoms with E-state index in [1.807, 2.05) is 4.90 Å². The molecule has 0 bridgehead atoms. The molecule has 2 aromatic rings. The summed E-state index contributed by atoms with van der Waals surface area (Å²) in [5.41, 5.74) is 6.77. The summed E-state index contributed by atoms with van der Waals surface area (Å²) in [6.07, 6.45) is 4.38. The van der Waals surface area contributed by atoms with Crippen LogP contribution in [0.15, 0.2) is 34.9 Å². The second-order valence-corrected chi connectivity index (χ2v) is 5.54. The third kappa shape index (κ3) is 3.17. The number of carbonyl (C=O) groups excluding carboxylic acids is 1. The van der Waals surface area contributed by atoms with Crippen LogP contribution in [0.5, 0.6) is 0 Å². The normalized spacial score (nSPS) is 19.2. The standard InChI is InChI=1S/C16H18FN3O2/c17-12-5-3-4-11(8-12)16-19-13(10-22-16)9-20-7-2-1-6-14(20)15(18)21/h3-5,8,10,14H,1-2,6-7,9H2,(H2,18,21). The Labute approximate surface area is 127 Å². The third-order valence-electron chi connectivity index (χ3n) is 3.93. The third-order valence-corrected chi connectivity index (χ3v) is 3.93. The van der Waals surface area contributed by atoms with Gasteiger partial charge in [0.1, 0.15) is 12.1 Å². The first-order valence-electron chi connectivity index (χ1n) is 7.37. The Morgan fingerprint density at radius 1 is 1.45 bits per heavy atom. The highest BCUT2D eigenvalue weighted by Gasteiger charge is 2.27. The van der Waals surface area contributed by atoms with Crippen molar-refractivity contribution in [1.82, 2.24) is 9.88 Å². The molecule has 1 aromatic heterocycles. The summed E-state index contributed by atoms with van der Waals surface area (Å²) >= 11 is 0. The molecular weight excluding hydrogens is 285 g/mol. The largest absolute Gasteiger partial charge is 0.444 e. The molecule has 1 fully saturated rings. The number of aromatic nitrogens is 1. The molecule has 6 heteroatoms. The maximum atomic E-state index is 13.2. The van der Waals surface area contributed by atoms with Crippen molar-refractivity contribution < 1.29 is 13.6 Å². The van der Waals surface area contributed by atoms with Crippen LogP contribution in [0.1, 0.15) is 25.0 Å². The van der Waals surface area contributed by atoms with E-state index in [-0.39, 0.29) is 17.8 Å². The molecule has 1 unspecified atom stereocenters. The summed E-state index contributed by atoms with van der Waals surface area (Å²) in [6, 6.07) is 5.86. The van der Waals surface area contributed by atoms with Gasteiger partial charge in [0.2, 0.25) is 11.8 Å². The Kier molecular flexibility index (Phi) is 4.20. The van der Waals surface area contributed by atoms with Crippen molar-refractivity contribution in [3.8, 4) is 11.5 Å². The van der Waals surface area contributed by atoms with Gasteiger partial charge in [0.05, 0.1) is 11.7 Å². The molecule has 116 valence electrons. The number of hydrogen-bond acceptors (Lipinski definition) is 4. The zero-order valence-electron chi connectivity index (χ0n) is 12.2. The minimum Gasteiger partial charge on any atom is -0.444 e. The second-order valence-electron chi connectivity index (χ2n) is 5.54. The topological polar surface area (TPSA) is 72.4 Å². The van der Waals surface area contributed by atoms with Gasteiger partial charge in [0, 0.05) is 12.1 Å².